The molecule has 8 nitrogen and oxygen atoms in total. The van der Waals surface area contributed by atoms with Crippen molar-refractivity contribution in [2.24, 2.45) is 0 Å². The molecule has 0 spiro atoms. The Hall–Kier alpha value is -3.95. The molecule has 0 aliphatic rings. The van der Waals surface area contributed by atoms with Gasteiger partial charge in [0.25, 0.3) is 0 Å². The highest BCUT2D eigenvalue weighted by Gasteiger charge is 2.14. The van der Waals surface area contributed by atoms with Gasteiger partial charge in [0.1, 0.15) is 18.1 Å². The van der Waals surface area contributed by atoms with Crippen LogP contribution in [0.25, 0.3) is 10.9 Å². The van der Waals surface area contributed by atoms with E-state index in [1.54, 1.807) is 36.4 Å². The van der Waals surface area contributed by atoms with Gasteiger partial charge >= 0.3 is 5.97 Å². The van der Waals surface area contributed by atoms with Gasteiger partial charge in [-0.3, -0.25) is 0 Å². The zero-order valence-electron chi connectivity index (χ0n) is 18.8. The Bertz CT molecular complexity index is 1420. The minimum Gasteiger partial charge on any atom is -0.487 e. The second-order valence-electron chi connectivity index (χ2n) is 7.70. The third-order valence-electron chi connectivity index (χ3n) is 5.17. The summed E-state index contributed by atoms with van der Waals surface area (Å²) in [6, 6.07) is 24.7. The maximum Gasteiger partial charge on any atom is 0.341 e. The summed E-state index contributed by atoms with van der Waals surface area (Å²) in [4.78, 5) is 15.7. The summed E-state index contributed by atoms with van der Waals surface area (Å²) in [5, 5.41) is 9.91. The largest absolute Gasteiger partial charge is 0.487 e. The van der Waals surface area contributed by atoms with Crippen LogP contribution in [0.4, 0.5) is 0 Å². The van der Waals surface area contributed by atoms with E-state index in [9.17, 15) is 13.2 Å². The van der Waals surface area contributed by atoms with Crippen molar-refractivity contribution in [3.8, 4) is 11.5 Å². The van der Waals surface area contributed by atoms with Crippen molar-refractivity contribution in [2.75, 3.05) is 13.2 Å². The average Bonchev–Trinajstić information content (AvgIpc) is 2.87. The first kappa shape index (κ1) is 24.2. The van der Waals surface area contributed by atoms with Gasteiger partial charge in [-0.15, -0.1) is 0 Å². The molecule has 3 aromatic carbocycles. The third-order valence-corrected chi connectivity index (χ3v) is 6.65. The molecule has 0 saturated carbocycles. The Labute approximate surface area is 203 Å². The smallest absolute Gasteiger partial charge is 0.341 e. The number of carboxylic acid groups (broad SMARTS) is 1. The van der Waals surface area contributed by atoms with E-state index in [0.717, 1.165) is 22.2 Å². The number of carbonyl (C=O) groups is 1. The summed E-state index contributed by atoms with van der Waals surface area (Å²) >= 11 is 0. The SMILES string of the molecule is O=C(O)COc1ccc(CCNS(=O)(=O)c2ccccc2)c(OCc2ccc3ccccc3n2)c1. The molecule has 35 heavy (non-hydrogen) atoms. The first-order chi connectivity index (χ1) is 16.9. The van der Waals surface area contributed by atoms with Crippen molar-refractivity contribution in [3.63, 3.8) is 0 Å². The van der Waals surface area contributed by atoms with Gasteiger partial charge in [-0.25, -0.2) is 22.9 Å². The number of benzene rings is 3. The monoisotopic (exact) mass is 492 g/mol. The molecule has 180 valence electrons. The molecule has 0 amide bonds. The second kappa shape index (κ2) is 11.0. The number of carboxylic acids is 1. The van der Waals surface area contributed by atoms with Gasteiger partial charge in [0.05, 0.1) is 16.1 Å². The van der Waals surface area contributed by atoms with Crippen LogP contribution in [0.3, 0.4) is 0 Å². The minimum atomic E-state index is -3.64. The molecule has 4 rings (SSSR count). The van der Waals surface area contributed by atoms with Gasteiger partial charge in [0, 0.05) is 18.0 Å². The summed E-state index contributed by atoms with van der Waals surface area (Å²) in [6.45, 7) is -0.158. The van der Waals surface area contributed by atoms with Crippen LogP contribution in [0.15, 0.2) is 89.8 Å². The fraction of sp³-hybridized carbons (Fsp3) is 0.154. The van der Waals surface area contributed by atoms with Crippen LogP contribution in [-0.2, 0) is 27.8 Å². The Morgan fingerprint density at radius 3 is 2.49 bits per heavy atom. The van der Waals surface area contributed by atoms with Crippen molar-refractivity contribution in [3.05, 3.63) is 96.2 Å². The molecule has 0 radical (unpaired) electrons. The number of fused-ring (bicyclic) bond motifs is 1. The fourth-order valence-electron chi connectivity index (χ4n) is 3.45. The standard InChI is InChI=1S/C26H24N2O6S/c29-26(30)18-33-22-13-11-20(14-15-27-35(31,32)23-7-2-1-3-8-23)25(16-22)34-17-21-12-10-19-6-4-5-9-24(19)28-21/h1-13,16,27H,14-15,17-18H2,(H,29,30). The Morgan fingerprint density at radius 1 is 0.914 bits per heavy atom. The highest BCUT2D eigenvalue weighted by Crippen LogP contribution is 2.27. The number of sulfonamides is 1. The molecule has 2 N–H and O–H groups in total. The van der Waals surface area contributed by atoms with Crippen molar-refractivity contribution >= 4 is 26.9 Å². The van der Waals surface area contributed by atoms with E-state index in [-0.39, 0.29) is 18.0 Å². The number of hydrogen-bond acceptors (Lipinski definition) is 6. The van der Waals surface area contributed by atoms with Gasteiger partial charge in [-0.05, 0) is 42.3 Å². The summed E-state index contributed by atoms with van der Waals surface area (Å²) in [5.41, 5.74) is 2.31. The van der Waals surface area contributed by atoms with Gasteiger partial charge in [0.15, 0.2) is 6.61 Å². The molecule has 0 bridgehead atoms. The summed E-state index contributed by atoms with van der Waals surface area (Å²) in [6.07, 6.45) is 0.353. The molecule has 0 aliphatic carbocycles. The van der Waals surface area contributed by atoms with Gasteiger partial charge in [0.2, 0.25) is 10.0 Å². The number of nitrogens with one attached hydrogen (secondary N) is 1. The predicted molar refractivity (Wildman–Crippen MR) is 131 cm³/mol. The maximum atomic E-state index is 12.5. The van der Waals surface area contributed by atoms with E-state index >= 15 is 0 Å². The molecule has 4 aromatic rings. The normalized spacial score (nSPS) is 11.3. The lowest BCUT2D eigenvalue weighted by Crippen LogP contribution is -2.26. The van der Waals surface area contributed by atoms with Crippen molar-refractivity contribution in [1.82, 2.24) is 9.71 Å². The molecule has 0 fully saturated rings. The first-order valence-corrected chi connectivity index (χ1v) is 12.4. The summed E-state index contributed by atoms with van der Waals surface area (Å²) < 4.78 is 38.9. The Morgan fingerprint density at radius 2 is 1.69 bits per heavy atom. The predicted octanol–water partition coefficient (Wildman–Crippen LogP) is 3.80. The molecule has 0 unspecified atom stereocenters. The lowest BCUT2D eigenvalue weighted by Gasteiger charge is -2.14. The first-order valence-electron chi connectivity index (χ1n) is 10.9. The van der Waals surface area contributed by atoms with Crippen LogP contribution >= 0.6 is 0 Å². The summed E-state index contributed by atoms with van der Waals surface area (Å²) in [5.74, 6) is -0.295. The van der Waals surface area contributed by atoms with Crippen molar-refractivity contribution < 1.29 is 27.8 Å². The number of aliphatic carboxylic acids is 1. The topological polar surface area (TPSA) is 115 Å². The minimum absolute atomic E-state index is 0.150. The lowest BCUT2D eigenvalue weighted by molar-refractivity contribution is -0.139. The molecule has 0 aliphatic heterocycles. The van der Waals surface area contributed by atoms with Crippen LogP contribution in [0.5, 0.6) is 11.5 Å². The van der Waals surface area contributed by atoms with E-state index in [2.05, 4.69) is 9.71 Å². The van der Waals surface area contributed by atoms with Crippen LogP contribution in [0.2, 0.25) is 0 Å². The van der Waals surface area contributed by atoms with Gasteiger partial charge in [-0.1, -0.05) is 48.5 Å². The number of nitrogens with zero attached hydrogens (tertiary/aromatic N) is 1. The van der Waals surface area contributed by atoms with Crippen LogP contribution in [0.1, 0.15) is 11.3 Å². The number of para-hydroxylation sites is 1. The molecule has 9 heteroatoms. The second-order valence-corrected chi connectivity index (χ2v) is 9.46. The quantitative estimate of drug-likeness (QED) is 0.327. The Kier molecular flexibility index (Phi) is 7.59. The lowest BCUT2D eigenvalue weighted by atomic mass is 10.1. The number of pyridine rings is 1. The molecular weight excluding hydrogens is 468 g/mol. The van der Waals surface area contributed by atoms with Crippen molar-refractivity contribution in [2.45, 2.75) is 17.9 Å². The van der Waals surface area contributed by atoms with Crippen LogP contribution < -0.4 is 14.2 Å². The average molecular weight is 493 g/mol. The van der Waals surface area contributed by atoms with E-state index in [1.807, 2.05) is 36.4 Å². The van der Waals surface area contributed by atoms with E-state index in [1.165, 1.54) is 12.1 Å². The number of hydrogen-bond donors (Lipinski definition) is 2. The van der Waals surface area contributed by atoms with E-state index < -0.39 is 22.6 Å². The van der Waals surface area contributed by atoms with Gasteiger partial charge < -0.3 is 14.6 Å². The van der Waals surface area contributed by atoms with Crippen LogP contribution in [0, 0.1) is 0 Å². The molecule has 1 heterocycles. The highest BCUT2D eigenvalue weighted by atomic mass is 32.2. The van der Waals surface area contributed by atoms with Crippen LogP contribution in [-0.4, -0.2) is 37.6 Å². The van der Waals surface area contributed by atoms with Gasteiger partial charge in [-0.2, -0.15) is 0 Å². The molecule has 1 aromatic heterocycles. The summed E-state index contributed by atoms with van der Waals surface area (Å²) in [7, 11) is -3.64. The number of rotatable bonds is 11. The zero-order valence-corrected chi connectivity index (χ0v) is 19.6. The third kappa shape index (κ3) is 6.56. The highest BCUT2D eigenvalue weighted by molar-refractivity contribution is 7.89. The zero-order chi connectivity index (χ0) is 24.7. The molecule has 0 saturated heterocycles. The van der Waals surface area contributed by atoms with E-state index in [4.69, 9.17) is 14.6 Å². The molecular formula is C26H24N2O6S. The number of ether oxygens (including phenoxy) is 2. The molecule has 0 atom stereocenters. The van der Waals surface area contributed by atoms with E-state index in [0.29, 0.717) is 17.9 Å². The maximum absolute atomic E-state index is 12.5. The van der Waals surface area contributed by atoms with Crippen molar-refractivity contribution in [1.29, 1.82) is 0 Å². The number of aromatic nitrogens is 1. The fourth-order valence-corrected chi connectivity index (χ4v) is 4.51. The Balaban J connectivity index is 1.48.